The molecule has 1 aromatic heterocycles. The minimum Gasteiger partial charge on any atom is -0.497 e. The number of halogens is 1. The molecule has 0 aliphatic heterocycles. The summed E-state index contributed by atoms with van der Waals surface area (Å²) in [6, 6.07) is 6.52. The topological polar surface area (TPSA) is 94.3 Å². The zero-order valence-electron chi connectivity index (χ0n) is 10.5. The van der Waals surface area contributed by atoms with Crippen LogP contribution in [0.1, 0.15) is 0 Å². The fraction of sp³-hybridized carbons (Fsp3) is 0.0833. The lowest BCUT2D eigenvalue weighted by molar-refractivity contribution is 0.414. The Morgan fingerprint density at radius 1 is 1.30 bits per heavy atom. The predicted molar refractivity (Wildman–Crippen MR) is 72.4 cm³/mol. The van der Waals surface area contributed by atoms with Crippen LogP contribution in [0.5, 0.6) is 5.75 Å². The molecule has 0 fully saturated rings. The van der Waals surface area contributed by atoms with Crippen molar-refractivity contribution in [2.45, 2.75) is 4.90 Å². The van der Waals surface area contributed by atoms with E-state index in [2.05, 4.69) is 9.71 Å². The molecular weight excluding hydrogens is 285 g/mol. The molecule has 0 atom stereocenters. The molecule has 6 nitrogen and oxygen atoms in total. The van der Waals surface area contributed by atoms with Crippen LogP contribution < -0.4 is 15.2 Å². The Balaban J connectivity index is 2.33. The first-order valence-electron chi connectivity index (χ1n) is 5.50. The quantitative estimate of drug-likeness (QED) is 0.660. The molecule has 0 spiro atoms. The molecule has 106 valence electrons. The second-order valence-electron chi connectivity index (χ2n) is 3.88. The number of nitrogens with zero attached hydrogens (tertiary/aromatic N) is 1. The van der Waals surface area contributed by atoms with Crippen LogP contribution in [0.3, 0.4) is 0 Å². The molecule has 0 aliphatic rings. The molecule has 2 rings (SSSR count). The van der Waals surface area contributed by atoms with Crippen molar-refractivity contribution in [2.24, 2.45) is 0 Å². The smallest absolute Gasteiger partial charge is 0.263 e. The highest BCUT2D eigenvalue weighted by atomic mass is 32.2. The van der Waals surface area contributed by atoms with Gasteiger partial charge in [-0.05, 0) is 24.3 Å². The van der Waals surface area contributed by atoms with E-state index < -0.39 is 16.0 Å². The molecule has 3 N–H and O–H groups in total. The molecular formula is C12H12FN3O3S. The Morgan fingerprint density at radius 3 is 2.60 bits per heavy atom. The van der Waals surface area contributed by atoms with Crippen LogP contribution >= 0.6 is 0 Å². The number of sulfonamides is 1. The minimum atomic E-state index is -3.87. The van der Waals surface area contributed by atoms with Crippen molar-refractivity contribution in [3.63, 3.8) is 0 Å². The van der Waals surface area contributed by atoms with Crippen LogP contribution in [0.4, 0.5) is 15.8 Å². The Labute approximate surface area is 115 Å². The van der Waals surface area contributed by atoms with Crippen LogP contribution in [0, 0.1) is 5.95 Å². The number of nitrogens with two attached hydrogens (primary N) is 1. The minimum absolute atomic E-state index is 0.0481. The lowest BCUT2D eigenvalue weighted by Gasteiger charge is -2.10. The first kappa shape index (κ1) is 14.1. The van der Waals surface area contributed by atoms with Crippen molar-refractivity contribution < 1.29 is 17.5 Å². The van der Waals surface area contributed by atoms with Gasteiger partial charge in [0.1, 0.15) is 10.6 Å². The fourth-order valence-corrected chi connectivity index (χ4v) is 2.70. The summed E-state index contributed by atoms with van der Waals surface area (Å²) in [6.07, 6.45) is 1.08. The van der Waals surface area contributed by atoms with Gasteiger partial charge in [0.05, 0.1) is 24.7 Å². The molecule has 1 aromatic carbocycles. The SMILES string of the molecule is COc1ccc(S(=O)(=O)Nc2ccc(F)nc2)c(N)c1. The van der Waals surface area contributed by atoms with E-state index in [0.29, 0.717) is 5.75 Å². The Hall–Kier alpha value is -2.35. The predicted octanol–water partition coefficient (Wildman–Crippen LogP) is 1.61. The maximum absolute atomic E-state index is 12.7. The summed E-state index contributed by atoms with van der Waals surface area (Å²) < 4.78 is 44.2. The molecule has 0 radical (unpaired) electrons. The van der Waals surface area contributed by atoms with Gasteiger partial charge >= 0.3 is 0 Å². The van der Waals surface area contributed by atoms with Crippen LogP contribution in [-0.4, -0.2) is 20.5 Å². The maximum Gasteiger partial charge on any atom is 0.263 e. The lowest BCUT2D eigenvalue weighted by Crippen LogP contribution is -2.15. The zero-order valence-corrected chi connectivity index (χ0v) is 11.3. The second kappa shape index (κ2) is 5.33. The first-order chi connectivity index (χ1) is 9.42. The summed E-state index contributed by atoms with van der Waals surface area (Å²) in [5.41, 5.74) is 5.87. The Bertz CT molecular complexity index is 717. The largest absolute Gasteiger partial charge is 0.497 e. The molecule has 0 unspecified atom stereocenters. The fourth-order valence-electron chi connectivity index (χ4n) is 1.54. The molecule has 2 aromatic rings. The zero-order chi connectivity index (χ0) is 14.8. The monoisotopic (exact) mass is 297 g/mol. The van der Waals surface area contributed by atoms with E-state index >= 15 is 0 Å². The number of anilines is 2. The Kier molecular flexibility index (Phi) is 3.75. The van der Waals surface area contributed by atoms with Gasteiger partial charge in [0.2, 0.25) is 5.95 Å². The summed E-state index contributed by atoms with van der Waals surface area (Å²) in [5.74, 6) is -0.248. The summed E-state index contributed by atoms with van der Waals surface area (Å²) in [5, 5.41) is 0. The number of benzene rings is 1. The number of pyridine rings is 1. The van der Waals surface area contributed by atoms with Gasteiger partial charge < -0.3 is 10.5 Å². The van der Waals surface area contributed by atoms with E-state index in [0.717, 1.165) is 12.3 Å². The van der Waals surface area contributed by atoms with E-state index in [9.17, 15) is 12.8 Å². The van der Waals surface area contributed by atoms with Gasteiger partial charge in [-0.2, -0.15) is 4.39 Å². The number of hydrogen-bond donors (Lipinski definition) is 2. The van der Waals surface area contributed by atoms with Gasteiger partial charge in [-0.15, -0.1) is 0 Å². The number of methoxy groups -OCH3 is 1. The summed E-state index contributed by atoms with van der Waals surface area (Å²) in [6.45, 7) is 0. The van der Waals surface area contributed by atoms with Gasteiger partial charge in [0, 0.05) is 6.07 Å². The highest BCUT2D eigenvalue weighted by molar-refractivity contribution is 7.92. The van der Waals surface area contributed by atoms with E-state index in [1.165, 1.54) is 31.4 Å². The molecule has 0 saturated heterocycles. The number of nitrogens with one attached hydrogen (secondary N) is 1. The van der Waals surface area contributed by atoms with Gasteiger partial charge in [0.15, 0.2) is 0 Å². The molecule has 8 heteroatoms. The highest BCUT2D eigenvalue weighted by Gasteiger charge is 2.18. The Morgan fingerprint density at radius 2 is 2.05 bits per heavy atom. The lowest BCUT2D eigenvalue weighted by atomic mass is 10.3. The van der Waals surface area contributed by atoms with Crippen LogP contribution in [0.25, 0.3) is 0 Å². The van der Waals surface area contributed by atoms with Crippen LogP contribution in [0.2, 0.25) is 0 Å². The molecule has 0 bridgehead atoms. The molecule has 20 heavy (non-hydrogen) atoms. The second-order valence-corrected chi connectivity index (χ2v) is 5.53. The average molecular weight is 297 g/mol. The van der Waals surface area contributed by atoms with E-state index in [1.54, 1.807) is 0 Å². The molecule has 0 amide bonds. The van der Waals surface area contributed by atoms with Gasteiger partial charge in [-0.25, -0.2) is 13.4 Å². The van der Waals surface area contributed by atoms with Crippen molar-refractivity contribution in [3.05, 3.63) is 42.5 Å². The van der Waals surface area contributed by atoms with Crippen molar-refractivity contribution in [3.8, 4) is 5.75 Å². The van der Waals surface area contributed by atoms with Crippen molar-refractivity contribution >= 4 is 21.4 Å². The van der Waals surface area contributed by atoms with Crippen molar-refractivity contribution in [1.29, 1.82) is 0 Å². The number of nitrogen functional groups attached to an aromatic ring is 1. The first-order valence-corrected chi connectivity index (χ1v) is 6.98. The van der Waals surface area contributed by atoms with E-state index in [1.807, 2.05) is 0 Å². The highest BCUT2D eigenvalue weighted by Crippen LogP contribution is 2.25. The average Bonchev–Trinajstić information content (AvgIpc) is 2.40. The summed E-state index contributed by atoms with van der Waals surface area (Å²) in [7, 11) is -2.43. The molecule has 0 saturated carbocycles. The third-order valence-electron chi connectivity index (χ3n) is 2.49. The summed E-state index contributed by atoms with van der Waals surface area (Å²) >= 11 is 0. The van der Waals surface area contributed by atoms with Crippen LogP contribution in [-0.2, 0) is 10.0 Å². The molecule has 1 heterocycles. The number of hydrogen-bond acceptors (Lipinski definition) is 5. The van der Waals surface area contributed by atoms with Crippen LogP contribution in [0.15, 0.2) is 41.4 Å². The van der Waals surface area contributed by atoms with Gasteiger partial charge in [-0.3, -0.25) is 4.72 Å². The number of ether oxygens (including phenoxy) is 1. The molecule has 0 aliphatic carbocycles. The van der Waals surface area contributed by atoms with Gasteiger partial charge in [0.25, 0.3) is 10.0 Å². The third-order valence-corrected chi connectivity index (χ3v) is 3.94. The maximum atomic E-state index is 12.7. The summed E-state index contributed by atoms with van der Waals surface area (Å²) in [4.78, 5) is 3.27. The van der Waals surface area contributed by atoms with E-state index in [-0.39, 0.29) is 16.3 Å². The van der Waals surface area contributed by atoms with E-state index in [4.69, 9.17) is 10.5 Å². The number of rotatable bonds is 4. The standard InChI is InChI=1S/C12H12FN3O3S/c1-19-9-3-4-11(10(14)6-9)20(17,18)16-8-2-5-12(13)15-7-8/h2-7,16H,14H2,1H3. The normalized spacial score (nSPS) is 11.1. The third kappa shape index (κ3) is 2.97. The van der Waals surface area contributed by atoms with Crippen molar-refractivity contribution in [2.75, 3.05) is 17.6 Å². The van der Waals surface area contributed by atoms with Gasteiger partial charge in [-0.1, -0.05) is 0 Å². The van der Waals surface area contributed by atoms with Crippen molar-refractivity contribution in [1.82, 2.24) is 4.98 Å². The number of aromatic nitrogens is 1.